The molecular weight excluding hydrogens is 356 g/mol. The molecule has 1 aromatic carbocycles. The first kappa shape index (κ1) is 17.0. The summed E-state index contributed by atoms with van der Waals surface area (Å²) >= 11 is 0. The summed E-state index contributed by atoms with van der Waals surface area (Å²) in [7, 11) is 3.43. The Morgan fingerprint density at radius 2 is 1.93 bits per heavy atom. The van der Waals surface area contributed by atoms with Crippen LogP contribution < -0.4 is 9.64 Å². The number of methoxy groups -OCH3 is 1. The van der Waals surface area contributed by atoms with Crippen LogP contribution in [0.2, 0.25) is 0 Å². The van der Waals surface area contributed by atoms with Crippen molar-refractivity contribution in [2.45, 2.75) is 24.8 Å². The van der Waals surface area contributed by atoms with Crippen molar-refractivity contribution in [3.05, 3.63) is 47.8 Å². The summed E-state index contributed by atoms with van der Waals surface area (Å²) < 4.78 is 7.19. The minimum absolute atomic E-state index is 0.0275. The molecule has 5 rings (SSSR count). The van der Waals surface area contributed by atoms with Gasteiger partial charge < -0.3 is 14.5 Å². The fraction of sp³-hybridized carbons (Fsp3) is 0.400. The summed E-state index contributed by atoms with van der Waals surface area (Å²) in [5, 5.41) is 13.2. The molecule has 1 aliphatic carbocycles. The van der Waals surface area contributed by atoms with Gasteiger partial charge in [0.05, 0.1) is 18.7 Å². The number of carbonyl (C=O) groups excluding carboxylic acids is 1. The van der Waals surface area contributed by atoms with Crippen LogP contribution >= 0.6 is 0 Å². The molecule has 0 spiro atoms. The van der Waals surface area contributed by atoms with Crippen molar-refractivity contribution in [1.29, 1.82) is 0 Å². The first-order valence-electron chi connectivity index (χ1n) is 9.53. The minimum atomic E-state index is -0.0275. The van der Waals surface area contributed by atoms with Gasteiger partial charge in [-0.1, -0.05) is 12.1 Å². The van der Waals surface area contributed by atoms with Crippen molar-refractivity contribution in [1.82, 2.24) is 24.7 Å². The number of hydrogen-bond donors (Lipinski definition) is 0. The van der Waals surface area contributed by atoms with E-state index in [1.165, 1.54) is 0 Å². The number of rotatable bonds is 5. The highest BCUT2D eigenvalue weighted by atomic mass is 16.5. The summed E-state index contributed by atoms with van der Waals surface area (Å²) in [6.45, 7) is 1.49. The second kappa shape index (κ2) is 6.47. The van der Waals surface area contributed by atoms with Gasteiger partial charge in [-0.05, 0) is 37.1 Å². The average molecular weight is 378 g/mol. The number of amides is 1. The summed E-state index contributed by atoms with van der Waals surface area (Å²) in [6, 6.07) is 11.4. The molecule has 2 aliphatic rings. The third-order valence-electron chi connectivity index (χ3n) is 5.61. The molecule has 0 N–H and O–H groups in total. The van der Waals surface area contributed by atoms with Crippen molar-refractivity contribution in [2.24, 2.45) is 0 Å². The molecule has 3 aromatic rings. The zero-order valence-electron chi connectivity index (χ0n) is 15.9. The summed E-state index contributed by atoms with van der Waals surface area (Å²) in [4.78, 5) is 16.8. The molecule has 1 saturated heterocycles. The normalized spacial score (nSPS) is 16.9. The lowest BCUT2D eigenvalue weighted by atomic mass is 10.1. The van der Waals surface area contributed by atoms with Crippen LogP contribution in [0.15, 0.2) is 36.4 Å². The van der Waals surface area contributed by atoms with Gasteiger partial charge in [0.1, 0.15) is 11.6 Å². The van der Waals surface area contributed by atoms with Gasteiger partial charge in [-0.2, -0.15) is 4.52 Å². The molecular formula is C20H22N6O2. The van der Waals surface area contributed by atoms with E-state index in [1.54, 1.807) is 18.1 Å². The molecule has 1 saturated carbocycles. The van der Waals surface area contributed by atoms with Crippen LogP contribution in [0.1, 0.15) is 34.9 Å². The lowest BCUT2D eigenvalue weighted by Crippen LogP contribution is -2.60. The third-order valence-corrected chi connectivity index (χ3v) is 5.61. The maximum absolute atomic E-state index is 12.9. The number of anilines is 1. The summed E-state index contributed by atoms with van der Waals surface area (Å²) in [5.41, 5.74) is 1.37. The highest BCUT2D eigenvalue weighted by molar-refractivity contribution is 5.97. The number of para-hydroxylation sites is 1. The molecule has 2 aromatic heterocycles. The zero-order valence-corrected chi connectivity index (χ0v) is 15.9. The highest BCUT2D eigenvalue weighted by Gasteiger charge is 2.35. The van der Waals surface area contributed by atoms with E-state index in [0.29, 0.717) is 17.2 Å². The molecule has 28 heavy (non-hydrogen) atoms. The number of carbonyl (C=O) groups is 1. The first-order chi connectivity index (χ1) is 13.7. The van der Waals surface area contributed by atoms with Gasteiger partial charge in [0.15, 0.2) is 11.5 Å². The van der Waals surface area contributed by atoms with Crippen LogP contribution in [-0.2, 0) is 0 Å². The van der Waals surface area contributed by atoms with Crippen molar-refractivity contribution in [2.75, 3.05) is 32.1 Å². The Kier molecular flexibility index (Phi) is 3.92. The standard InChI is InChI=1S/C20H22N6O2/c1-24(20(27)15-5-3-4-6-16(15)28-2)14-11-25(12-14)18-10-9-17-21-22-19(13-7-8-13)26(17)23-18/h3-6,9-10,13-14H,7-8,11-12H2,1-2H3. The molecule has 3 heterocycles. The van der Waals surface area contributed by atoms with Crippen LogP contribution in [0, 0.1) is 0 Å². The van der Waals surface area contributed by atoms with Crippen molar-refractivity contribution in [3.8, 4) is 5.75 Å². The average Bonchev–Trinajstić information content (AvgIpc) is 3.45. The molecule has 8 nitrogen and oxygen atoms in total. The van der Waals surface area contributed by atoms with Crippen LogP contribution in [0.5, 0.6) is 5.75 Å². The molecule has 0 unspecified atom stereocenters. The Labute approximate surface area is 162 Å². The van der Waals surface area contributed by atoms with E-state index in [4.69, 9.17) is 9.84 Å². The summed E-state index contributed by atoms with van der Waals surface area (Å²) in [6.07, 6.45) is 2.32. The van der Waals surface area contributed by atoms with Gasteiger partial charge >= 0.3 is 0 Å². The van der Waals surface area contributed by atoms with Gasteiger partial charge in [0.2, 0.25) is 0 Å². The third kappa shape index (κ3) is 2.76. The number of fused-ring (bicyclic) bond motifs is 1. The van der Waals surface area contributed by atoms with Gasteiger partial charge in [0, 0.05) is 26.1 Å². The number of likely N-dealkylation sites (N-methyl/N-ethyl adjacent to an activating group) is 1. The quantitative estimate of drug-likeness (QED) is 0.676. The maximum Gasteiger partial charge on any atom is 0.257 e. The number of hydrogen-bond acceptors (Lipinski definition) is 6. The second-order valence-corrected chi connectivity index (χ2v) is 7.47. The van der Waals surface area contributed by atoms with E-state index in [2.05, 4.69) is 15.1 Å². The van der Waals surface area contributed by atoms with Gasteiger partial charge in [-0.3, -0.25) is 4.79 Å². The fourth-order valence-corrected chi connectivity index (χ4v) is 3.63. The number of aromatic nitrogens is 4. The molecule has 0 atom stereocenters. The first-order valence-corrected chi connectivity index (χ1v) is 9.53. The smallest absolute Gasteiger partial charge is 0.257 e. The largest absolute Gasteiger partial charge is 0.496 e. The Bertz CT molecular complexity index is 1040. The number of ether oxygens (including phenoxy) is 1. The van der Waals surface area contributed by atoms with E-state index in [-0.39, 0.29) is 11.9 Å². The van der Waals surface area contributed by atoms with Gasteiger partial charge in [-0.25, -0.2) is 0 Å². The Hall–Kier alpha value is -3.16. The SMILES string of the molecule is COc1ccccc1C(=O)N(C)C1CN(c2ccc3nnc(C4CC4)n3n2)C1. The topological polar surface area (TPSA) is 75.9 Å². The van der Waals surface area contributed by atoms with E-state index in [1.807, 2.05) is 41.9 Å². The Morgan fingerprint density at radius 1 is 1.14 bits per heavy atom. The van der Waals surface area contributed by atoms with E-state index >= 15 is 0 Å². The van der Waals surface area contributed by atoms with Crippen molar-refractivity contribution in [3.63, 3.8) is 0 Å². The van der Waals surface area contributed by atoms with Gasteiger partial charge in [-0.15, -0.1) is 15.3 Å². The van der Waals surface area contributed by atoms with Crippen molar-refractivity contribution >= 4 is 17.4 Å². The van der Waals surface area contributed by atoms with E-state index in [0.717, 1.165) is 43.2 Å². The van der Waals surface area contributed by atoms with Crippen LogP contribution in [0.4, 0.5) is 5.82 Å². The van der Waals surface area contributed by atoms with Crippen molar-refractivity contribution < 1.29 is 9.53 Å². The fourth-order valence-electron chi connectivity index (χ4n) is 3.63. The second-order valence-electron chi connectivity index (χ2n) is 7.47. The predicted molar refractivity (Wildman–Crippen MR) is 104 cm³/mol. The lowest BCUT2D eigenvalue weighted by Gasteiger charge is -2.44. The monoisotopic (exact) mass is 378 g/mol. The van der Waals surface area contributed by atoms with Gasteiger partial charge in [0.25, 0.3) is 5.91 Å². The predicted octanol–water partition coefficient (Wildman–Crippen LogP) is 1.97. The Morgan fingerprint density at radius 3 is 2.68 bits per heavy atom. The summed E-state index contributed by atoms with van der Waals surface area (Å²) in [5.74, 6) is 2.91. The minimum Gasteiger partial charge on any atom is -0.496 e. The molecule has 0 radical (unpaired) electrons. The maximum atomic E-state index is 12.9. The molecule has 1 amide bonds. The lowest BCUT2D eigenvalue weighted by molar-refractivity contribution is 0.0701. The molecule has 1 aliphatic heterocycles. The molecule has 0 bridgehead atoms. The van der Waals surface area contributed by atoms with E-state index in [9.17, 15) is 4.79 Å². The molecule has 8 heteroatoms. The van der Waals surface area contributed by atoms with E-state index < -0.39 is 0 Å². The molecule has 2 fully saturated rings. The van der Waals surface area contributed by atoms with Crippen LogP contribution in [-0.4, -0.2) is 63.9 Å². The zero-order chi connectivity index (χ0) is 19.3. The molecule has 144 valence electrons. The Balaban J connectivity index is 1.30. The number of nitrogens with zero attached hydrogens (tertiary/aromatic N) is 6. The number of benzene rings is 1. The van der Waals surface area contributed by atoms with Crippen LogP contribution in [0.25, 0.3) is 5.65 Å². The highest BCUT2D eigenvalue weighted by Crippen LogP contribution is 2.39. The van der Waals surface area contributed by atoms with Crippen LogP contribution in [0.3, 0.4) is 0 Å².